The van der Waals surface area contributed by atoms with Crippen LogP contribution in [0.5, 0.6) is 0 Å². The Labute approximate surface area is 117 Å². The monoisotopic (exact) mass is 280 g/mol. The fraction of sp³-hybridized carbons (Fsp3) is 0.308. The van der Waals surface area contributed by atoms with Crippen LogP contribution in [-0.4, -0.2) is 28.6 Å². The number of amides is 3. The summed E-state index contributed by atoms with van der Waals surface area (Å²) in [6, 6.07) is -0.512. The van der Waals surface area contributed by atoms with Crippen LogP contribution >= 0.6 is 0 Å². The van der Waals surface area contributed by atoms with Crippen molar-refractivity contribution >= 4 is 23.4 Å². The van der Waals surface area contributed by atoms with Gasteiger partial charge in [0.2, 0.25) is 11.8 Å². The molecule has 0 spiro atoms. The van der Waals surface area contributed by atoms with E-state index in [1.807, 2.05) is 5.32 Å². The third-order valence-electron chi connectivity index (χ3n) is 3.19. The number of imide groups is 1. The average molecular weight is 280 g/mol. The first-order valence-electron chi connectivity index (χ1n) is 7.43. The van der Waals surface area contributed by atoms with Crippen molar-refractivity contribution in [1.29, 1.82) is 0 Å². The molecule has 3 N–H and O–H groups in total. The maximum absolute atomic E-state index is 13.4. The van der Waals surface area contributed by atoms with E-state index in [-0.39, 0.29) is 23.4 Å². The molecule has 0 bridgehead atoms. The summed E-state index contributed by atoms with van der Waals surface area (Å²) in [7, 11) is 0. The number of benzene rings is 1. The molecule has 0 saturated carbocycles. The van der Waals surface area contributed by atoms with Crippen LogP contribution < -0.4 is 11.1 Å². The van der Waals surface area contributed by atoms with Crippen molar-refractivity contribution in [3.8, 4) is 0 Å². The van der Waals surface area contributed by atoms with Gasteiger partial charge in [-0.15, -0.1) is 0 Å². The SMILES string of the molecule is [2H]C1C(=O)NC(=O)C([2H])(N2Cc3c(N)cc(F)cc3C2=O)C1[2H]. The van der Waals surface area contributed by atoms with E-state index in [0.717, 1.165) is 17.0 Å². The molecule has 6 nitrogen and oxygen atoms in total. The third-order valence-corrected chi connectivity index (χ3v) is 3.19. The van der Waals surface area contributed by atoms with Crippen LogP contribution in [0, 0.1) is 5.82 Å². The van der Waals surface area contributed by atoms with Gasteiger partial charge in [0.1, 0.15) is 11.8 Å². The van der Waals surface area contributed by atoms with Crippen LogP contribution in [0.3, 0.4) is 0 Å². The topological polar surface area (TPSA) is 92.5 Å². The van der Waals surface area contributed by atoms with E-state index >= 15 is 0 Å². The van der Waals surface area contributed by atoms with Crippen LogP contribution in [-0.2, 0) is 16.1 Å². The zero-order chi connectivity index (χ0) is 17.1. The molecule has 2 heterocycles. The number of hydrogen-bond donors (Lipinski definition) is 2. The lowest BCUT2D eigenvalue weighted by Gasteiger charge is -2.29. The number of carbonyl (C=O) groups is 3. The number of nitrogens with one attached hydrogen (secondary N) is 1. The lowest BCUT2D eigenvalue weighted by molar-refractivity contribution is -0.136. The van der Waals surface area contributed by atoms with Gasteiger partial charge in [0.05, 0.1) is 1.37 Å². The van der Waals surface area contributed by atoms with E-state index in [0.29, 0.717) is 0 Å². The predicted molar refractivity (Wildman–Crippen MR) is 66.9 cm³/mol. The van der Waals surface area contributed by atoms with Gasteiger partial charge in [0.15, 0.2) is 0 Å². The summed E-state index contributed by atoms with van der Waals surface area (Å²) >= 11 is 0. The molecule has 0 radical (unpaired) electrons. The molecule has 104 valence electrons. The predicted octanol–water partition coefficient (Wildman–Crippen LogP) is 0.169. The number of nitrogens with two attached hydrogens (primary N) is 1. The lowest BCUT2D eigenvalue weighted by atomic mass is 10.0. The van der Waals surface area contributed by atoms with Gasteiger partial charge in [0.25, 0.3) is 5.91 Å². The standard InChI is InChI=1S/C13H12FN3O3/c14-6-3-7-8(9(15)4-6)5-17(13(7)20)10-1-2-11(18)16-12(10)19/h3-4,10H,1-2,5,15H2,(H,16,18,19)/i1D,2D,10D. The van der Waals surface area contributed by atoms with Gasteiger partial charge in [-0.3, -0.25) is 19.7 Å². The smallest absolute Gasteiger partial charge is 0.255 e. The van der Waals surface area contributed by atoms with Gasteiger partial charge >= 0.3 is 0 Å². The zero-order valence-electron chi connectivity index (χ0n) is 13.1. The molecule has 1 saturated heterocycles. The molecule has 1 aromatic carbocycles. The van der Waals surface area contributed by atoms with Gasteiger partial charge in [-0.1, -0.05) is 0 Å². The molecule has 3 atom stereocenters. The summed E-state index contributed by atoms with van der Waals surface area (Å²) < 4.78 is 37.2. The molecule has 1 aromatic rings. The highest BCUT2D eigenvalue weighted by Crippen LogP contribution is 2.31. The number of fused-ring (bicyclic) bond motifs is 1. The van der Waals surface area contributed by atoms with E-state index < -0.39 is 42.4 Å². The quantitative estimate of drug-likeness (QED) is 0.566. The first kappa shape index (κ1) is 9.46. The van der Waals surface area contributed by atoms with E-state index in [4.69, 9.17) is 9.85 Å². The highest BCUT2D eigenvalue weighted by molar-refractivity contribution is 6.06. The maximum Gasteiger partial charge on any atom is 0.255 e. The highest BCUT2D eigenvalue weighted by atomic mass is 19.1. The van der Waals surface area contributed by atoms with Crippen molar-refractivity contribution in [3.63, 3.8) is 0 Å². The van der Waals surface area contributed by atoms with Crippen molar-refractivity contribution in [3.05, 3.63) is 29.1 Å². The van der Waals surface area contributed by atoms with E-state index in [1.54, 1.807) is 0 Å². The zero-order valence-corrected chi connectivity index (χ0v) is 10.1. The second kappa shape index (κ2) is 4.29. The Bertz CT molecular complexity index is 759. The van der Waals surface area contributed by atoms with Gasteiger partial charge in [0, 0.05) is 32.5 Å². The molecule has 7 heteroatoms. The average Bonchev–Trinajstić information content (AvgIpc) is 2.81. The molecule has 2 aliphatic rings. The van der Waals surface area contributed by atoms with Gasteiger partial charge in [-0.25, -0.2) is 4.39 Å². The van der Waals surface area contributed by atoms with Crippen molar-refractivity contribution < 1.29 is 22.9 Å². The van der Waals surface area contributed by atoms with Gasteiger partial charge in [-0.2, -0.15) is 0 Å². The first-order chi connectivity index (χ1) is 10.7. The fourth-order valence-electron chi connectivity index (χ4n) is 2.26. The molecular weight excluding hydrogens is 265 g/mol. The first-order valence-corrected chi connectivity index (χ1v) is 5.77. The minimum absolute atomic E-state index is 0.00398. The summed E-state index contributed by atoms with van der Waals surface area (Å²) in [6.07, 6.45) is -3.50. The molecule has 3 unspecified atom stereocenters. The number of halogens is 1. The van der Waals surface area contributed by atoms with Crippen LogP contribution in [0.4, 0.5) is 10.1 Å². The Morgan fingerprint density at radius 2 is 2.20 bits per heavy atom. The van der Waals surface area contributed by atoms with E-state index in [1.165, 1.54) is 0 Å². The minimum atomic E-state index is -2.47. The second-order valence-electron chi connectivity index (χ2n) is 4.45. The van der Waals surface area contributed by atoms with E-state index in [9.17, 15) is 18.8 Å². The number of rotatable bonds is 1. The second-order valence-corrected chi connectivity index (χ2v) is 4.45. The molecular formula is C13H12FN3O3. The Morgan fingerprint density at radius 1 is 1.45 bits per heavy atom. The Morgan fingerprint density at radius 3 is 2.95 bits per heavy atom. The fourth-order valence-corrected chi connectivity index (χ4v) is 2.26. The van der Waals surface area contributed by atoms with E-state index in [2.05, 4.69) is 0 Å². The number of nitrogens with zero attached hydrogens (tertiary/aromatic N) is 1. The maximum atomic E-state index is 13.4. The number of piperidine rings is 1. The summed E-state index contributed by atoms with van der Waals surface area (Å²) in [5, 5.41) is 1.83. The molecule has 0 aliphatic carbocycles. The molecule has 2 aliphatic heterocycles. The van der Waals surface area contributed by atoms with Gasteiger partial charge in [-0.05, 0) is 18.5 Å². The lowest BCUT2D eigenvalue weighted by Crippen LogP contribution is -2.52. The summed E-state index contributed by atoms with van der Waals surface area (Å²) in [4.78, 5) is 36.7. The summed E-state index contributed by atoms with van der Waals surface area (Å²) in [5.74, 6) is -3.73. The van der Waals surface area contributed by atoms with Crippen molar-refractivity contribution in [2.75, 3.05) is 5.73 Å². The molecule has 20 heavy (non-hydrogen) atoms. The summed E-state index contributed by atoms with van der Waals surface area (Å²) in [5.41, 5.74) is 5.83. The highest BCUT2D eigenvalue weighted by Gasteiger charge is 2.39. The number of nitrogen functional groups attached to an aromatic ring is 1. The third kappa shape index (κ3) is 1.82. The number of carbonyl (C=O) groups excluding carboxylic acids is 3. The van der Waals surface area contributed by atoms with Crippen LogP contribution in [0.2, 0.25) is 0 Å². The van der Waals surface area contributed by atoms with Crippen LogP contribution in [0.15, 0.2) is 12.1 Å². The minimum Gasteiger partial charge on any atom is -0.398 e. The number of anilines is 1. The van der Waals surface area contributed by atoms with Crippen LogP contribution in [0.1, 0.15) is 32.8 Å². The Kier molecular flexibility index (Phi) is 2.03. The largest absolute Gasteiger partial charge is 0.398 e. The number of hydrogen-bond acceptors (Lipinski definition) is 4. The van der Waals surface area contributed by atoms with Crippen molar-refractivity contribution in [2.45, 2.75) is 25.4 Å². The molecule has 3 rings (SSSR count). The van der Waals surface area contributed by atoms with Crippen molar-refractivity contribution in [2.24, 2.45) is 0 Å². The molecule has 0 aromatic heterocycles. The summed E-state index contributed by atoms with van der Waals surface area (Å²) in [6.45, 7) is -0.270. The Balaban J connectivity index is 2.06. The Hall–Kier alpha value is -2.44. The van der Waals surface area contributed by atoms with Crippen molar-refractivity contribution in [1.82, 2.24) is 10.2 Å². The van der Waals surface area contributed by atoms with Gasteiger partial charge < -0.3 is 10.6 Å². The normalized spacial score (nSPS) is 35.1. The molecule has 3 amide bonds. The van der Waals surface area contributed by atoms with Crippen LogP contribution in [0.25, 0.3) is 0 Å². The molecule has 1 fully saturated rings.